The third-order valence-corrected chi connectivity index (χ3v) is 3.56. The molecule has 1 atom stereocenters. The van der Waals surface area contributed by atoms with E-state index in [9.17, 15) is 0 Å². The molecule has 17 heavy (non-hydrogen) atoms. The molecular formula is C14H19N3. The highest BCUT2D eigenvalue weighted by Gasteiger charge is 2.24. The van der Waals surface area contributed by atoms with Crippen LogP contribution in [0.15, 0.2) is 24.3 Å². The number of hydrogen-bond donors (Lipinski definition) is 0. The average molecular weight is 229 g/mol. The van der Waals surface area contributed by atoms with Crippen LogP contribution < -0.4 is 4.90 Å². The van der Waals surface area contributed by atoms with Crippen LogP contribution in [0.25, 0.3) is 0 Å². The number of nitrogens with zero attached hydrogens (tertiary/aromatic N) is 3. The minimum atomic E-state index is 0.355. The molecule has 0 N–H and O–H groups in total. The Bertz CT molecular complexity index is 422. The molecular weight excluding hydrogens is 210 g/mol. The fourth-order valence-electron chi connectivity index (χ4n) is 2.41. The quantitative estimate of drug-likeness (QED) is 0.777. The smallest absolute Gasteiger partial charge is 0.0638 e. The van der Waals surface area contributed by atoms with Crippen LogP contribution in [0.2, 0.25) is 0 Å². The Balaban J connectivity index is 2.14. The molecule has 3 nitrogen and oxygen atoms in total. The van der Waals surface area contributed by atoms with Crippen LogP contribution in [0.5, 0.6) is 0 Å². The second-order valence-electron chi connectivity index (χ2n) is 4.73. The molecule has 0 radical (unpaired) electrons. The van der Waals surface area contributed by atoms with Gasteiger partial charge in [-0.2, -0.15) is 5.26 Å². The molecule has 90 valence electrons. The second kappa shape index (κ2) is 5.20. The number of likely N-dealkylation sites (N-methyl/N-ethyl adjacent to an activating group) is 1. The zero-order chi connectivity index (χ0) is 12.3. The van der Waals surface area contributed by atoms with Crippen molar-refractivity contribution in [3.05, 3.63) is 29.8 Å². The topological polar surface area (TPSA) is 30.3 Å². The van der Waals surface area contributed by atoms with Gasteiger partial charge in [-0.15, -0.1) is 0 Å². The first-order valence-corrected chi connectivity index (χ1v) is 6.10. The normalized spacial score (nSPS) is 21.2. The molecule has 0 bridgehead atoms. The van der Waals surface area contributed by atoms with E-state index in [1.54, 1.807) is 0 Å². The summed E-state index contributed by atoms with van der Waals surface area (Å²) in [5.74, 6) is 0. The summed E-state index contributed by atoms with van der Waals surface area (Å²) < 4.78 is 0. The molecule has 0 saturated carbocycles. The molecule has 0 spiro atoms. The van der Waals surface area contributed by atoms with Crippen LogP contribution in [-0.4, -0.2) is 37.6 Å². The zero-order valence-corrected chi connectivity index (χ0v) is 10.6. The Kier molecular flexibility index (Phi) is 3.65. The SMILES string of the molecule is Cc1ccccc1N1CCN(C)C(CC#N)C1. The largest absolute Gasteiger partial charge is 0.368 e. The highest BCUT2D eigenvalue weighted by molar-refractivity contribution is 5.53. The monoisotopic (exact) mass is 229 g/mol. The summed E-state index contributed by atoms with van der Waals surface area (Å²) in [4.78, 5) is 4.69. The van der Waals surface area contributed by atoms with E-state index in [0.29, 0.717) is 12.5 Å². The summed E-state index contributed by atoms with van der Waals surface area (Å²) in [7, 11) is 2.11. The van der Waals surface area contributed by atoms with Crippen LogP contribution in [0.4, 0.5) is 5.69 Å². The molecule has 1 aromatic rings. The minimum absolute atomic E-state index is 0.355. The summed E-state index contributed by atoms with van der Waals surface area (Å²) in [6.07, 6.45) is 0.610. The van der Waals surface area contributed by atoms with Gasteiger partial charge in [0.05, 0.1) is 12.5 Å². The molecule has 1 heterocycles. The molecule has 0 aliphatic carbocycles. The van der Waals surface area contributed by atoms with Gasteiger partial charge in [0, 0.05) is 31.4 Å². The summed E-state index contributed by atoms with van der Waals surface area (Å²) in [6.45, 7) is 5.17. The maximum Gasteiger partial charge on any atom is 0.0638 e. The fourth-order valence-corrected chi connectivity index (χ4v) is 2.41. The van der Waals surface area contributed by atoms with Gasteiger partial charge in [0.25, 0.3) is 0 Å². The molecule has 1 unspecified atom stereocenters. The molecule has 0 aromatic heterocycles. The van der Waals surface area contributed by atoms with Crippen molar-refractivity contribution in [3.8, 4) is 6.07 Å². The first-order valence-electron chi connectivity index (χ1n) is 6.10. The predicted molar refractivity (Wildman–Crippen MR) is 70.0 cm³/mol. The lowest BCUT2D eigenvalue weighted by atomic mass is 10.1. The summed E-state index contributed by atoms with van der Waals surface area (Å²) in [5, 5.41) is 8.85. The van der Waals surface area contributed by atoms with E-state index in [-0.39, 0.29) is 0 Å². The van der Waals surface area contributed by atoms with E-state index in [1.807, 2.05) is 0 Å². The summed E-state index contributed by atoms with van der Waals surface area (Å²) in [5.41, 5.74) is 2.62. The van der Waals surface area contributed by atoms with Gasteiger partial charge in [-0.05, 0) is 25.6 Å². The van der Waals surface area contributed by atoms with Crippen molar-refractivity contribution in [2.45, 2.75) is 19.4 Å². The van der Waals surface area contributed by atoms with Crippen LogP contribution in [-0.2, 0) is 0 Å². The maximum atomic E-state index is 8.85. The van der Waals surface area contributed by atoms with E-state index < -0.39 is 0 Å². The van der Waals surface area contributed by atoms with Crippen LogP contribution in [0, 0.1) is 18.3 Å². The average Bonchev–Trinajstić information content (AvgIpc) is 2.33. The second-order valence-corrected chi connectivity index (χ2v) is 4.73. The van der Waals surface area contributed by atoms with E-state index >= 15 is 0 Å². The number of rotatable bonds is 2. The Labute approximate surface area is 103 Å². The first kappa shape index (κ1) is 11.9. The van der Waals surface area contributed by atoms with E-state index in [4.69, 9.17) is 5.26 Å². The lowest BCUT2D eigenvalue weighted by Gasteiger charge is -2.40. The summed E-state index contributed by atoms with van der Waals surface area (Å²) >= 11 is 0. The van der Waals surface area contributed by atoms with Crippen molar-refractivity contribution in [1.29, 1.82) is 5.26 Å². The Hall–Kier alpha value is -1.53. The molecule has 1 aliphatic rings. The van der Waals surface area contributed by atoms with Gasteiger partial charge in [0.2, 0.25) is 0 Å². The Morgan fingerprint density at radius 1 is 1.35 bits per heavy atom. The van der Waals surface area contributed by atoms with E-state index in [2.05, 4.69) is 54.1 Å². The Morgan fingerprint density at radius 3 is 2.82 bits per heavy atom. The van der Waals surface area contributed by atoms with E-state index in [0.717, 1.165) is 19.6 Å². The van der Waals surface area contributed by atoms with Crippen molar-refractivity contribution in [1.82, 2.24) is 4.90 Å². The Morgan fingerprint density at radius 2 is 2.12 bits per heavy atom. The van der Waals surface area contributed by atoms with Crippen molar-refractivity contribution in [3.63, 3.8) is 0 Å². The van der Waals surface area contributed by atoms with Gasteiger partial charge in [-0.3, -0.25) is 4.90 Å². The first-order chi connectivity index (χ1) is 8.22. The lowest BCUT2D eigenvalue weighted by molar-refractivity contribution is 0.221. The van der Waals surface area contributed by atoms with Gasteiger partial charge in [-0.25, -0.2) is 0 Å². The molecule has 1 aliphatic heterocycles. The minimum Gasteiger partial charge on any atom is -0.368 e. The van der Waals surface area contributed by atoms with Crippen molar-refractivity contribution < 1.29 is 0 Å². The maximum absolute atomic E-state index is 8.85. The molecule has 1 fully saturated rings. The third-order valence-electron chi connectivity index (χ3n) is 3.56. The highest BCUT2D eigenvalue weighted by atomic mass is 15.3. The molecule has 1 aromatic carbocycles. The number of benzene rings is 1. The van der Waals surface area contributed by atoms with Crippen molar-refractivity contribution in [2.24, 2.45) is 0 Å². The standard InChI is InChI=1S/C14H19N3/c1-12-5-3-4-6-14(12)17-10-9-16(2)13(11-17)7-8-15/h3-6,13H,7,9-11H2,1-2H3. The lowest BCUT2D eigenvalue weighted by Crippen LogP contribution is -2.51. The number of para-hydroxylation sites is 1. The number of nitriles is 1. The van der Waals surface area contributed by atoms with Crippen LogP contribution in [0.1, 0.15) is 12.0 Å². The number of piperazine rings is 1. The summed E-state index contributed by atoms with van der Waals surface area (Å²) in [6, 6.07) is 11.1. The van der Waals surface area contributed by atoms with Gasteiger partial charge >= 0.3 is 0 Å². The molecule has 1 saturated heterocycles. The molecule has 3 heteroatoms. The van der Waals surface area contributed by atoms with Gasteiger partial charge in [0.15, 0.2) is 0 Å². The third kappa shape index (κ3) is 2.59. The predicted octanol–water partition coefficient (Wildman–Crippen LogP) is 2.03. The zero-order valence-electron chi connectivity index (χ0n) is 10.6. The fraction of sp³-hybridized carbons (Fsp3) is 0.500. The van der Waals surface area contributed by atoms with Crippen molar-refractivity contribution >= 4 is 5.69 Å². The van der Waals surface area contributed by atoms with E-state index in [1.165, 1.54) is 11.3 Å². The van der Waals surface area contributed by atoms with Gasteiger partial charge in [-0.1, -0.05) is 18.2 Å². The highest BCUT2D eigenvalue weighted by Crippen LogP contribution is 2.22. The van der Waals surface area contributed by atoms with Crippen LogP contribution >= 0.6 is 0 Å². The molecule has 2 rings (SSSR count). The number of hydrogen-bond acceptors (Lipinski definition) is 3. The number of anilines is 1. The van der Waals surface area contributed by atoms with Gasteiger partial charge < -0.3 is 4.90 Å². The molecule has 0 amide bonds. The van der Waals surface area contributed by atoms with Crippen LogP contribution in [0.3, 0.4) is 0 Å². The van der Waals surface area contributed by atoms with Gasteiger partial charge in [0.1, 0.15) is 0 Å². The van der Waals surface area contributed by atoms with Crippen molar-refractivity contribution in [2.75, 3.05) is 31.6 Å². The number of aryl methyl sites for hydroxylation is 1.